The number of hydrogen-bond acceptors (Lipinski definition) is 8. The molecule has 2 heterocycles. The Morgan fingerprint density at radius 1 is 1.02 bits per heavy atom. The fraction of sp³-hybridized carbons (Fsp3) is 0.684. The highest BCUT2D eigenvalue weighted by Gasteiger charge is 2.48. The summed E-state index contributed by atoms with van der Waals surface area (Å²) in [6, 6.07) is 6.54. The van der Waals surface area contributed by atoms with Gasteiger partial charge in [0.1, 0.15) is 12.1 Å². The summed E-state index contributed by atoms with van der Waals surface area (Å²) >= 11 is 1.60. The third-order valence-electron chi connectivity index (χ3n) is 9.88. The zero-order chi connectivity index (χ0) is 37.1. The van der Waals surface area contributed by atoms with Crippen LogP contribution in [0.1, 0.15) is 97.7 Å². The predicted octanol–water partition coefficient (Wildman–Crippen LogP) is 6.61. The number of aliphatic hydroxyl groups is 1. The topological polar surface area (TPSA) is 130 Å². The van der Waals surface area contributed by atoms with E-state index in [4.69, 9.17) is 14.3 Å². The number of amides is 3. The maximum absolute atomic E-state index is 14.4. The number of benzene rings is 1. The number of unbranched alkanes of at least 4 members (excludes halogenated alkanes) is 4. The van der Waals surface area contributed by atoms with Gasteiger partial charge in [0, 0.05) is 39.1 Å². The fourth-order valence-corrected chi connectivity index (χ4v) is 7.96. The Morgan fingerprint density at radius 2 is 1.68 bits per heavy atom. The first-order chi connectivity index (χ1) is 23.4. The van der Waals surface area contributed by atoms with Crippen LogP contribution in [0.5, 0.6) is 0 Å². The van der Waals surface area contributed by atoms with Crippen molar-refractivity contribution in [2.24, 2.45) is 5.41 Å². The lowest BCUT2D eigenvalue weighted by molar-refractivity contribution is -0.144. The van der Waals surface area contributed by atoms with Crippen molar-refractivity contribution in [3.05, 3.63) is 41.0 Å². The van der Waals surface area contributed by atoms with Gasteiger partial charge >= 0.3 is 0 Å². The van der Waals surface area contributed by atoms with Crippen LogP contribution in [0, 0.1) is 12.3 Å². The molecule has 1 saturated heterocycles. The second-order valence-corrected chi connectivity index (χ2v) is 21.8. The van der Waals surface area contributed by atoms with Crippen LogP contribution in [0.3, 0.4) is 0 Å². The summed E-state index contributed by atoms with van der Waals surface area (Å²) in [6.45, 7) is 20.4. The molecular formula is C38H62N4O6SSi. The summed E-state index contributed by atoms with van der Waals surface area (Å²) in [5.74, 6) is -0.765. The number of aryl methyl sites for hydroxylation is 1. The molecular weight excluding hydrogens is 669 g/mol. The lowest BCUT2D eigenvalue weighted by Crippen LogP contribution is -2.57. The average Bonchev–Trinajstić information content (AvgIpc) is 3.66. The molecule has 1 aromatic carbocycles. The minimum absolute atomic E-state index is 0.0318. The molecule has 0 radical (unpaired) electrons. The summed E-state index contributed by atoms with van der Waals surface area (Å²) in [5.41, 5.74) is 4.28. The second-order valence-electron chi connectivity index (χ2n) is 16.1. The van der Waals surface area contributed by atoms with E-state index in [9.17, 15) is 14.4 Å². The van der Waals surface area contributed by atoms with E-state index in [1.807, 2.05) is 57.5 Å². The van der Waals surface area contributed by atoms with Gasteiger partial charge in [-0.3, -0.25) is 14.4 Å². The molecule has 50 heavy (non-hydrogen) atoms. The molecule has 10 nitrogen and oxygen atoms in total. The molecule has 3 amide bonds. The molecule has 3 unspecified atom stereocenters. The molecule has 2 aromatic rings. The lowest BCUT2D eigenvalue weighted by Gasteiger charge is -2.38. The maximum atomic E-state index is 14.4. The lowest BCUT2D eigenvalue weighted by atomic mass is 9.85. The van der Waals surface area contributed by atoms with Crippen molar-refractivity contribution in [2.45, 2.75) is 136 Å². The molecule has 3 rings (SSSR count). The van der Waals surface area contributed by atoms with Crippen LogP contribution < -0.4 is 10.6 Å². The molecule has 3 atom stereocenters. The number of carbonyl (C=O) groups excluding carboxylic acids is 3. The Balaban J connectivity index is 1.68. The highest BCUT2D eigenvalue weighted by atomic mass is 32.1. The van der Waals surface area contributed by atoms with Crippen molar-refractivity contribution < 1.29 is 28.7 Å². The zero-order valence-electron chi connectivity index (χ0n) is 31.9. The van der Waals surface area contributed by atoms with E-state index in [0.717, 1.165) is 53.8 Å². The van der Waals surface area contributed by atoms with Crippen molar-refractivity contribution in [3.8, 4) is 10.4 Å². The number of aromatic nitrogens is 1. The molecule has 0 saturated carbocycles. The number of hydrogen-bond donors (Lipinski definition) is 3. The molecule has 0 spiro atoms. The van der Waals surface area contributed by atoms with E-state index < -0.39 is 25.8 Å². The van der Waals surface area contributed by atoms with E-state index in [0.29, 0.717) is 19.6 Å². The van der Waals surface area contributed by atoms with E-state index in [-0.39, 0.29) is 55.0 Å². The summed E-state index contributed by atoms with van der Waals surface area (Å²) < 4.78 is 12.4. The first-order valence-electron chi connectivity index (χ1n) is 18.2. The normalized spacial score (nSPS) is 17.5. The molecule has 1 aliphatic heterocycles. The summed E-state index contributed by atoms with van der Waals surface area (Å²) in [5, 5.41) is 14.9. The largest absolute Gasteiger partial charge is 0.412 e. The Bertz CT molecular complexity index is 1380. The summed E-state index contributed by atoms with van der Waals surface area (Å²) in [4.78, 5) is 48.4. The first kappa shape index (κ1) is 41.8. The Morgan fingerprint density at radius 3 is 2.28 bits per heavy atom. The number of nitrogens with zero attached hydrogens (tertiary/aromatic N) is 2. The second kappa shape index (κ2) is 18.7. The summed E-state index contributed by atoms with van der Waals surface area (Å²) in [7, 11) is -2.19. The van der Waals surface area contributed by atoms with Crippen LogP contribution in [0.2, 0.25) is 18.1 Å². The molecule has 0 aliphatic carbocycles. The number of aliphatic hydroxyl groups excluding tert-OH is 1. The third-order valence-corrected chi connectivity index (χ3v) is 15.4. The van der Waals surface area contributed by atoms with Gasteiger partial charge < -0.3 is 29.8 Å². The predicted molar refractivity (Wildman–Crippen MR) is 203 cm³/mol. The molecule has 12 heteroatoms. The fourth-order valence-electron chi connectivity index (χ4n) is 5.79. The Labute approximate surface area is 305 Å². The molecule has 1 aromatic heterocycles. The van der Waals surface area contributed by atoms with Crippen LogP contribution in [-0.4, -0.2) is 85.6 Å². The molecule has 1 aliphatic rings. The standard InChI is InChI=1S/C38H62N4O6SSi/c1-27-33(49-26-40-27)29-17-15-28(16-18-29)24-39-35(45)31-23-30(48-50(8,9)38(5,6)7)25-42(31)36(46)34(37(2,3)4)41-32(44)19-22-47-21-14-12-10-11-13-20-43/h15-18,26,30-31,34,43H,10-14,19-25H2,1-9H3,(H,39,45)(H,41,44). The number of ether oxygens (including phenoxy) is 1. The van der Waals surface area contributed by atoms with E-state index in [1.165, 1.54) is 0 Å². The van der Waals surface area contributed by atoms with Gasteiger partial charge in [-0.1, -0.05) is 85.1 Å². The first-order valence-corrected chi connectivity index (χ1v) is 22.0. The SMILES string of the molecule is Cc1ncsc1-c1ccc(CNC(=O)C2CC(O[Si](C)(C)C(C)(C)C)CN2C(=O)C(NC(=O)CCOCCCCCCCO)C(C)(C)C)cc1. The van der Waals surface area contributed by atoms with Gasteiger partial charge in [0.05, 0.1) is 28.8 Å². The van der Waals surface area contributed by atoms with Crippen molar-refractivity contribution in [3.63, 3.8) is 0 Å². The van der Waals surface area contributed by atoms with Crippen LogP contribution in [-0.2, 0) is 30.1 Å². The van der Waals surface area contributed by atoms with Gasteiger partial charge in [0.15, 0.2) is 8.32 Å². The van der Waals surface area contributed by atoms with Crippen molar-refractivity contribution in [1.29, 1.82) is 0 Å². The Kier molecular flexibility index (Phi) is 15.6. The van der Waals surface area contributed by atoms with Crippen molar-refractivity contribution in [1.82, 2.24) is 20.5 Å². The van der Waals surface area contributed by atoms with Gasteiger partial charge in [-0.25, -0.2) is 4.98 Å². The van der Waals surface area contributed by atoms with Gasteiger partial charge in [0.2, 0.25) is 17.7 Å². The summed E-state index contributed by atoms with van der Waals surface area (Å²) in [6.07, 6.45) is 5.07. The average molecular weight is 731 g/mol. The van der Waals surface area contributed by atoms with E-state index in [2.05, 4.69) is 49.5 Å². The third kappa shape index (κ3) is 12.2. The number of rotatable bonds is 18. The van der Waals surface area contributed by atoms with Crippen LogP contribution in [0.15, 0.2) is 29.8 Å². The van der Waals surface area contributed by atoms with Crippen molar-refractivity contribution >= 4 is 37.4 Å². The van der Waals surface area contributed by atoms with Gasteiger partial charge in [-0.15, -0.1) is 11.3 Å². The number of thiazole rings is 1. The number of nitrogens with one attached hydrogen (secondary N) is 2. The monoisotopic (exact) mass is 730 g/mol. The van der Waals surface area contributed by atoms with E-state index in [1.54, 1.807) is 16.2 Å². The number of likely N-dealkylation sites (tertiary alicyclic amines) is 1. The highest BCUT2D eigenvalue weighted by molar-refractivity contribution is 7.13. The zero-order valence-corrected chi connectivity index (χ0v) is 33.7. The van der Waals surface area contributed by atoms with Gasteiger partial charge in [-0.05, 0) is 54.4 Å². The van der Waals surface area contributed by atoms with Crippen LogP contribution >= 0.6 is 11.3 Å². The molecule has 3 N–H and O–H groups in total. The molecule has 280 valence electrons. The minimum Gasteiger partial charge on any atom is -0.412 e. The highest BCUT2D eigenvalue weighted by Crippen LogP contribution is 2.39. The Hall–Kier alpha value is -2.64. The quantitative estimate of drug-likeness (QED) is 0.116. The minimum atomic E-state index is -2.19. The number of carbonyl (C=O) groups is 3. The van der Waals surface area contributed by atoms with Gasteiger partial charge in [-0.2, -0.15) is 0 Å². The molecule has 0 bridgehead atoms. The maximum Gasteiger partial charge on any atom is 0.246 e. The van der Waals surface area contributed by atoms with E-state index >= 15 is 0 Å². The smallest absolute Gasteiger partial charge is 0.246 e. The van der Waals surface area contributed by atoms with Crippen LogP contribution in [0.4, 0.5) is 0 Å². The van der Waals surface area contributed by atoms with Crippen LogP contribution in [0.25, 0.3) is 10.4 Å². The molecule has 1 fully saturated rings. The van der Waals surface area contributed by atoms with Crippen molar-refractivity contribution in [2.75, 3.05) is 26.4 Å². The van der Waals surface area contributed by atoms with Gasteiger partial charge in [0.25, 0.3) is 0 Å².